The summed E-state index contributed by atoms with van der Waals surface area (Å²) in [6.45, 7) is 0.488. The smallest absolute Gasteiger partial charge is 0.0419 e. The predicted octanol–water partition coefficient (Wildman–Crippen LogP) is 2.25. The first-order valence-corrected chi connectivity index (χ1v) is 4.24. The molecule has 4 N–H and O–H groups in total. The summed E-state index contributed by atoms with van der Waals surface area (Å²) in [5.41, 5.74) is 12.2. The van der Waals surface area contributed by atoms with E-state index in [1.165, 1.54) is 0 Å². The Hall–Kier alpha value is 0.200. The van der Waals surface area contributed by atoms with Gasteiger partial charge in [0.25, 0.3) is 0 Å². The standard InChI is InChI=1S/C8H11BrN2.2ClH/c9-7-3-1-6(2-4-7)8(11)5-10;;/h1-4,8H,5,10-11H2;2*1H. The molecule has 1 aromatic rings. The minimum atomic E-state index is -0.0388. The summed E-state index contributed by atoms with van der Waals surface area (Å²) in [7, 11) is 0. The molecule has 2 nitrogen and oxygen atoms in total. The summed E-state index contributed by atoms with van der Waals surface area (Å²) in [4.78, 5) is 0. The lowest BCUT2D eigenvalue weighted by atomic mass is 10.1. The van der Waals surface area contributed by atoms with Crippen molar-refractivity contribution >= 4 is 40.7 Å². The van der Waals surface area contributed by atoms with Crippen LogP contribution in [0.4, 0.5) is 0 Å². The minimum Gasteiger partial charge on any atom is -0.329 e. The van der Waals surface area contributed by atoms with Crippen LogP contribution in [0.3, 0.4) is 0 Å². The van der Waals surface area contributed by atoms with Gasteiger partial charge in [0.15, 0.2) is 0 Å². The summed E-state index contributed by atoms with van der Waals surface area (Å²) in [6.07, 6.45) is 0. The van der Waals surface area contributed by atoms with E-state index in [1.807, 2.05) is 24.3 Å². The third-order valence-corrected chi connectivity index (χ3v) is 2.08. The quantitative estimate of drug-likeness (QED) is 0.877. The second-order valence-electron chi connectivity index (χ2n) is 2.39. The van der Waals surface area contributed by atoms with Crippen LogP contribution in [0.15, 0.2) is 28.7 Å². The van der Waals surface area contributed by atoms with Crippen LogP contribution in [-0.4, -0.2) is 6.54 Å². The molecule has 0 aromatic heterocycles. The summed E-state index contributed by atoms with van der Waals surface area (Å²) < 4.78 is 1.06. The van der Waals surface area contributed by atoms with E-state index in [-0.39, 0.29) is 30.9 Å². The van der Waals surface area contributed by atoms with Crippen LogP contribution < -0.4 is 11.5 Å². The van der Waals surface area contributed by atoms with Crippen LogP contribution in [0.2, 0.25) is 0 Å². The number of rotatable bonds is 2. The zero-order chi connectivity index (χ0) is 8.27. The maximum atomic E-state index is 5.70. The van der Waals surface area contributed by atoms with Crippen molar-refractivity contribution in [3.8, 4) is 0 Å². The first-order chi connectivity index (χ1) is 5.24. The lowest BCUT2D eigenvalue weighted by Crippen LogP contribution is -2.20. The van der Waals surface area contributed by atoms with Crippen molar-refractivity contribution in [1.29, 1.82) is 0 Å². The first-order valence-electron chi connectivity index (χ1n) is 3.45. The molecule has 0 saturated heterocycles. The fraction of sp³-hybridized carbons (Fsp3) is 0.250. The van der Waals surface area contributed by atoms with E-state index in [0.717, 1.165) is 10.0 Å². The van der Waals surface area contributed by atoms with Gasteiger partial charge in [-0.15, -0.1) is 24.8 Å². The van der Waals surface area contributed by atoms with Gasteiger partial charge in [0.05, 0.1) is 0 Å². The third kappa shape index (κ3) is 4.84. The largest absolute Gasteiger partial charge is 0.329 e. The predicted molar refractivity (Wildman–Crippen MR) is 64.6 cm³/mol. The van der Waals surface area contributed by atoms with Gasteiger partial charge in [-0.1, -0.05) is 28.1 Å². The fourth-order valence-corrected chi connectivity index (χ4v) is 1.11. The number of benzene rings is 1. The van der Waals surface area contributed by atoms with Gasteiger partial charge in [-0.3, -0.25) is 0 Å². The SMILES string of the molecule is Cl.Cl.NCC(N)c1ccc(Br)cc1. The van der Waals surface area contributed by atoms with Crippen molar-refractivity contribution in [3.05, 3.63) is 34.3 Å². The number of hydrogen-bond donors (Lipinski definition) is 2. The van der Waals surface area contributed by atoms with Gasteiger partial charge in [0, 0.05) is 17.1 Å². The molecule has 0 fully saturated rings. The van der Waals surface area contributed by atoms with E-state index in [0.29, 0.717) is 6.54 Å². The molecule has 0 aliphatic carbocycles. The van der Waals surface area contributed by atoms with Crippen LogP contribution in [0.1, 0.15) is 11.6 Å². The summed E-state index contributed by atoms with van der Waals surface area (Å²) >= 11 is 3.34. The van der Waals surface area contributed by atoms with E-state index in [2.05, 4.69) is 15.9 Å². The highest BCUT2D eigenvalue weighted by atomic mass is 79.9. The molecule has 0 aliphatic heterocycles. The zero-order valence-electron chi connectivity index (χ0n) is 6.94. The zero-order valence-corrected chi connectivity index (χ0v) is 10.2. The molecule has 0 spiro atoms. The Kier molecular flexibility index (Phi) is 9.14. The molecule has 1 rings (SSSR count). The number of hydrogen-bond acceptors (Lipinski definition) is 2. The van der Waals surface area contributed by atoms with Gasteiger partial charge in [-0.05, 0) is 17.7 Å². The van der Waals surface area contributed by atoms with E-state index in [4.69, 9.17) is 11.5 Å². The second kappa shape index (κ2) is 7.59. The van der Waals surface area contributed by atoms with Crippen LogP contribution in [-0.2, 0) is 0 Å². The van der Waals surface area contributed by atoms with Crippen molar-refractivity contribution in [2.45, 2.75) is 6.04 Å². The molecule has 1 atom stereocenters. The Morgan fingerprint density at radius 3 is 2.00 bits per heavy atom. The van der Waals surface area contributed by atoms with E-state index in [9.17, 15) is 0 Å². The van der Waals surface area contributed by atoms with Crippen molar-refractivity contribution in [2.75, 3.05) is 6.54 Å². The molecular formula is C8H13BrCl2N2. The lowest BCUT2D eigenvalue weighted by Gasteiger charge is -2.07. The van der Waals surface area contributed by atoms with Crippen molar-refractivity contribution in [1.82, 2.24) is 0 Å². The highest BCUT2D eigenvalue weighted by Gasteiger charge is 2.01. The van der Waals surface area contributed by atoms with Gasteiger partial charge < -0.3 is 11.5 Å². The Morgan fingerprint density at radius 2 is 1.62 bits per heavy atom. The topological polar surface area (TPSA) is 52.0 Å². The maximum absolute atomic E-state index is 5.70. The van der Waals surface area contributed by atoms with Crippen molar-refractivity contribution < 1.29 is 0 Å². The van der Waals surface area contributed by atoms with Crippen LogP contribution in [0.5, 0.6) is 0 Å². The summed E-state index contributed by atoms with van der Waals surface area (Å²) in [6, 6.07) is 7.84. The molecule has 0 heterocycles. The van der Waals surface area contributed by atoms with E-state index < -0.39 is 0 Å². The number of nitrogens with two attached hydrogens (primary N) is 2. The molecule has 0 amide bonds. The molecule has 0 saturated carbocycles. The lowest BCUT2D eigenvalue weighted by molar-refractivity contribution is 0.737. The molecule has 76 valence electrons. The van der Waals surface area contributed by atoms with Gasteiger partial charge in [0.1, 0.15) is 0 Å². The Labute approximate surface area is 99.0 Å². The third-order valence-electron chi connectivity index (χ3n) is 1.55. The van der Waals surface area contributed by atoms with E-state index in [1.54, 1.807) is 0 Å². The Balaban J connectivity index is 0. The van der Waals surface area contributed by atoms with Gasteiger partial charge in [-0.25, -0.2) is 0 Å². The molecule has 13 heavy (non-hydrogen) atoms. The first kappa shape index (κ1) is 15.7. The molecule has 0 radical (unpaired) electrons. The average molecular weight is 288 g/mol. The van der Waals surface area contributed by atoms with Crippen molar-refractivity contribution in [3.63, 3.8) is 0 Å². The normalized spacial score (nSPS) is 11.0. The monoisotopic (exact) mass is 286 g/mol. The molecule has 0 bridgehead atoms. The van der Waals surface area contributed by atoms with Gasteiger partial charge in [-0.2, -0.15) is 0 Å². The van der Waals surface area contributed by atoms with Gasteiger partial charge >= 0.3 is 0 Å². The van der Waals surface area contributed by atoms with Crippen LogP contribution in [0, 0.1) is 0 Å². The minimum absolute atomic E-state index is 0. The highest BCUT2D eigenvalue weighted by Crippen LogP contribution is 2.14. The van der Waals surface area contributed by atoms with Crippen molar-refractivity contribution in [2.24, 2.45) is 11.5 Å². The molecule has 0 aliphatic rings. The number of halogens is 3. The average Bonchev–Trinajstić information content (AvgIpc) is 2.05. The second-order valence-corrected chi connectivity index (χ2v) is 3.31. The summed E-state index contributed by atoms with van der Waals surface area (Å²) in [5.74, 6) is 0. The van der Waals surface area contributed by atoms with Gasteiger partial charge in [0.2, 0.25) is 0 Å². The molecular weight excluding hydrogens is 275 g/mol. The summed E-state index contributed by atoms with van der Waals surface area (Å²) in [5, 5.41) is 0. The Morgan fingerprint density at radius 1 is 1.15 bits per heavy atom. The van der Waals surface area contributed by atoms with Crippen LogP contribution >= 0.6 is 40.7 Å². The fourth-order valence-electron chi connectivity index (χ4n) is 0.846. The Bertz CT molecular complexity index is 228. The van der Waals surface area contributed by atoms with Crippen LogP contribution in [0.25, 0.3) is 0 Å². The highest BCUT2D eigenvalue weighted by molar-refractivity contribution is 9.10. The van der Waals surface area contributed by atoms with E-state index >= 15 is 0 Å². The molecule has 1 unspecified atom stereocenters. The maximum Gasteiger partial charge on any atom is 0.0419 e. The molecule has 5 heteroatoms. The molecule has 1 aromatic carbocycles.